The number of allylic oxidation sites excluding steroid dienone is 1. The molecule has 0 aliphatic rings. The van der Waals surface area contributed by atoms with Crippen molar-refractivity contribution < 1.29 is 14.3 Å². The minimum atomic E-state index is -0.527. The molecule has 0 heterocycles. The molecule has 0 saturated carbocycles. The molecule has 6 heteroatoms. The van der Waals surface area contributed by atoms with Crippen molar-refractivity contribution in [2.75, 3.05) is 19.0 Å². The Labute approximate surface area is 141 Å². The standard InChI is InChI=1S/C9H14O3.C7H7Cl2N/c1-3-5-6-8(7-10)9(11)12-4-2;1-10-7-3-2-5(8)4-6(7)9/h6-7H,3-5H2,1-2H3;2-4,10H,1H3/b8-6-;. The SMILES string of the molecule is CCC/C=C(/C=O)C(=O)OCC.CNc1ccc(Cl)cc1Cl. The Morgan fingerprint density at radius 3 is 2.45 bits per heavy atom. The van der Waals surface area contributed by atoms with Crippen LogP contribution in [0.25, 0.3) is 0 Å². The number of nitrogens with one attached hydrogen (secondary N) is 1. The van der Waals surface area contributed by atoms with Crippen LogP contribution in [0.5, 0.6) is 0 Å². The number of benzene rings is 1. The van der Waals surface area contributed by atoms with E-state index in [1.54, 1.807) is 25.1 Å². The molecular weight excluding hydrogens is 325 g/mol. The Hall–Kier alpha value is -1.52. The van der Waals surface area contributed by atoms with E-state index in [-0.39, 0.29) is 5.57 Å². The van der Waals surface area contributed by atoms with Crippen LogP contribution < -0.4 is 5.32 Å². The van der Waals surface area contributed by atoms with Crippen molar-refractivity contribution in [3.8, 4) is 0 Å². The molecule has 0 saturated heterocycles. The maximum atomic E-state index is 11.0. The van der Waals surface area contributed by atoms with E-state index >= 15 is 0 Å². The van der Waals surface area contributed by atoms with Gasteiger partial charge in [0.25, 0.3) is 0 Å². The Morgan fingerprint density at radius 2 is 2.00 bits per heavy atom. The normalized spacial score (nSPS) is 10.3. The molecule has 1 aromatic rings. The average molecular weight is 346 g/mol. The van der Waals surface area contributed by atoms with Crippen LogP contribution in [0.3, 0.4) is 0 Å². The highest BCUT2D eigenvalue weighted by Crippen LogP contribution is 2.24. The number of aldehydes is 1. The predicted molar refractivity (Wildman–Crippen MR) is 91.7 cm³/mol. The lowest BCUT2D eigenvalue weighted by molar-refractivity contribution is -0.139. The number of esters is 1. The van der Waals surface area contributed by atoms with Crippen LogP contribution in [0.15, 0.2) is 29.8 Å². The molecule has 0 bridgehead atoms. The summed E-state index contributed by atoms with van der Waals surface area (Å²) in [4.78, 5) is 21.3. The second kappa shape index (κ2) is 12.1. The largest absolute Gasteiger partial charge is 0.462 e. The van der Waals surface area contributed by atoms with Gasteiger partial charge in [0.05, 0.1) is 22.9 Å². The van der Waals surface area contributed by atoms with Crippen LogP contribution in [0.1, 0.15) is 26.7 Å². The molecule has 22 heavy (non-hydrogen) atoms. The summed E-state index contributed by atoms with van der Waals surface area (Å²) in [6, 6.07) is 5.33. The van der Waals surface area contributed by atoms with Crippen molar-refractivity contribution in [1.29, 1.82) is 0 Å². The summed E-state index contributed by atoms with van der Waals surface area (Å²) in [7, 11) is 1.81. The molecular formula is C16H21Cl2NO3. The lowest BCUT2D eigenvalue weighted by atomic mass is 10.2. The smallest absolute Gasteiger partial charge is 0.341 e. The first-order valence-corrected chi connectivity index (χ1v) is 7.70. The number of anilines is 1. The number of ether oxygens (including phenoxy) is 1. The quantitative estimate of drug-likeness (QED) is 0.271. The van der Waals surface area contributed by atoms with Gasteiger partial charge in [0.1, 0.15) is 0 Å². The summed E-state index contributed by atoms with van der Waals surface area (Å²) >= 11 is 11.4. The van der Waals surface area contributed by atoms with Gasteiger partial charge in [-0.05, 0) is 31.5 Å². The summed E-state index contributed by atoms with van der Waals surface area (Å²) in [5.41, 5.74) is 1.02. The minimum absolute atomic E-state index is 0.124. The lowest BCUT2D eigenvalue weighted by Crippen LogP contribution is -2.08. The Bertz CT molecular complexity index is 516. The van der Waals surface area contributed by atoms with E-state index in [1.807, 2.05) is 20.0 Å². The highest BCUT2D eigenvalue weighted by Gasteiger charge is 2.07. The Kier molecular flexibility index (Phi) is 11.2. The second-order valence-electron chi connectivity index (χ2n) is 4.16. The maximum Gasteiger partial charge on any atom is 0.341 e. The molecule has 0 fully saturated rings. The third-order valence-corrected chi connectivity index (χ3v) is 3.04. The van der Waals surface area contributed by atoms with Crippen LogP contribution >= 0.6 is 23.2 Å². The van der Waals surface area contributed by atoms with E-state index in [1.165, 1.54) is 0 Å². The first kappa shape index (κ1) is 20.5. The van der Waals surface area contributed by atoms with Crippen molar-refractivity contribution in [2.45, 2.75) is 26.7 Å². The van der Waals surface area contributed by atoms with Gasteiger partial charge in [0.2, 0.25) is 0 Å². The summed E-state index contributed by atoms with van der Waals surface area (Å²) in [6.45, 7) is 3.99. The number of hydrogen-bond acceptors (Lipinski definition) is 4. The number of carbonyl (C=O) groups is 2. The van der Waals surface area contributed by atoms with Gasteiger partial charge < -0.3 is 10.1 Å². The fourth-order valence-electron chi connectivity index (χ4n) is 1.39. The van der Waals surface area contributed by atoms with Gasteiger partial charge in [0, 0.05) is 12.1 Å². The van der Waals surface area contributed by atoms with E-state index in [0.717, 1.165) is 18.5 Å². The maximum absolute atomic E-state index is 11.0. The van der Waals surface area contributed by atoms with E-state index < -0.39 is 5.97 Å². The first-order chi connectivity index (χ1) is 10.5. The van der Waals surface area contributed by atoms with Crippen LogP contribution in [0.2, 0.25) is 10.0 Å². The predicted octanol–water partition coefficient (Wildman–Crippen LogP) is 4.51. The molecule has 0 amide bonds. The molecule has 0 unspecified atom stereocenters. The molecule has 0 atom stereocenters. The third-order valence-electron chi connectivity index (χ3n) is 2.49. The first-order valence-electron chi connectivity index (χ1n) is 6.95. The second-order valence-corrected chi connectivity index (χ2v) is 5.00. The summed E-state index contributed by atoms with van der Waals surface area (Å²) in [5, 5.41) is 4.24. The van der Waals surface area contributed by atoms with E-state index in [2.05, 4.69) is 10.1 Å². The number of carbonyl (C=O) groups excluding carboxylic acids is 2. The third kappa shape index (κ3) is 8.05. The van der Waals surface area contributed by atoms with Gasteiger partial charge in [-0.1, -0.05) is 42.6 Å². The van der Waals surface area contributed by atoms with Crippen LogP contribution in [-0.2, 0) is 14.3 Å². The van der Waals surface area contributed by atoms with Crippen LogP contribution in [0, 0.1) is 0 Å². The van der Waals surface area contributed by atoms with Gasteiger partial charge in [-0.25, -0.2) is 4.79 Å². The van der Waals surface area contributed by atoms with Crippen molar-refractivity contribution in [1.82, 2.24) is 0 Å². The van der Waals surface area contributed by atoms with Gasteiger partial charge in [-0.2, -0.15) is 0 Å². The lowest BCUT2D eigenvalue weighted by Gasteiger charge is -2.01. The molecule has 1 aromatic carbocycles. The Balaban J connectivity index is 0.000000406. The molecule has 0 radical (unpaired) electrons. The average Bonchev–Trinajstić information content (AvgIpc) is 2.49. The number of unbranched alkanes of at least 4 members (excludes halogenated alkanes) is 1. The molecule has 4 nitrogen and oxygen atoms in total. The zero-order valence-electron chi connectivity index (χ0n) is 13.0. The van der Waals surface area contributed by atoms with Gasteiger partial charge in [0.15, 0.2) is 6.29 Å². The van der Waals surface area contributed by atoms with Crippen molar-refractivity contribution in [3.05, 3.63) is 39.9 Å². The monoisotopic (exact) mass is 345 g/mol. The van der Waals surface area contributed by atoms with E-state index in [9.17, 15) is 9.59 Å². The summed E-state index contributed by atoms with van der Waals surface area (Å²) in [6.07, 6.45) is 3.78. The molecule has 122 valence electrons. The van der Waals surface area contributed by atoms with Crippen molar-refractivity contribution in [2.24, 2.45) is 0 Å². The number of rotatable bonds is 6. The van der Waals surface area contributed by atoms with Crippen LogP contribution in [-0.4, -0.2) is 25.9 Å². The summed E-state index contributed by atoms with van der Waals surface area (Å²) in [5.74, 6) is -0.527. The van der Waals surface area contributed by atoms with Gasteiger partial charge in [-0.3, -0.25) is 4.79 Å². The zero-order chi connectivity index (χ0) is 17.0. The molecule has 1 rings (SSSR count). The van der Waals surface area contributed by atoms with Crippen molar-refractivity contribution >= 4 is 41.1 Å². The molecule has 0 spiro atoms. The molecule has 0 aromatic heterocycles. The van der Waals surface area contributed by atoms with E-state index in [4.69, 9.17) is 23.2 Å². The molecule has 1 N–H and O–H groups in total. The fraction of sp³-hybridized carbons (Fsp3) is 0.375. The number of hydrogen-bond donors (Lipinski definition) is 1. The number of halogens is 2. The Morgan fingerprint density at radius 1 is 1.32 bits per heavy atom. The zero-order valence-corrected chi connectivity index (χ0v) is 14.5. The molecule has 0 aliphatic carbocycles. The highest BCUT2D eigenvalue weighted by molar-refractivity contribution is 6.36. The summed E-state index contributed by atoms with van der Waals surface area (Å²) < 4.78 is 4.65. The van der Waals surface area contributed by atoms with Gasteiger partial charge >= 0.3 is 5.97 Å². The fourth-order valence-corrected chi connectivity index (χ4v) is 1.89. The van der Waals surface area contributed by atoms with E-state index in [0.29, 0.717) is 22.9 Å². The molecule has 0 aliphatic heterocycles. The highest BCUT2D eigenvalue weighted by atomic mass is 35.5. The van der Waals surface area contributed by atoms with Crippen LogP contribution in [0.4, 0.5) is 5.69 Å². The minimum Gasteiger partial charge on any atom is -0.462 e. The topological polar surface area (TPSA) is 55.4 Å². The van der Waals surface area contributed by atoms with Crippen molar-refractivity contribution in [3.63, 3.8) is 0 Å². The van der Waals surface area contributed by atoms with Gasteiger partial charge in [-0.15, -0.1) is 0 Å².